The van der Waals surface area contributed by atoms with E-state index in [1.807, 2.05) is 0 Å². The first kappa shape index (κ1) is 21.5. The second-order valence-electron chi connectivity index (χ2n) is 5.89. The van der Waals surface area contributed by atoms with Crippen molar-refractivity contribution in [3.8, 4) is 0 Å². The number of nitrogens with one attached hydrogen (secondary N) is 2. The van der Waals surface area contributed by atoms with Crippen molar-refractivity contribution in [3.63, 3.8) is 0 Å². The lowest BCUT2D eigenvalue weighted by Crippen LogP contribution is -2.31. The molecular formula is C16H25N3O4S2. The Hall–Kier alpha value is -1.58. The van der Waals surface area contributed by atoms with E-state index in [-0.39, 0.29) is 23.5 Å². The van der Waals surface area contributed by atoms with Crippen LogP contribution in [0.25, 0.3) is 0 Å². The van der Waals surface area contributed by atoms with Gasteiger partial charge in [-0.25, -0.2) is 13.1 Å². The molecule has 1 rings (SSSR count). The summed E-state index contributed by atoms with van der Waals surface area (Å²) in [5.74, 6) is 0.174. The molecule has 0 unspecified atom stereocenters. The summed E-state index contributed by atoms with van der Waals surface area (Å²) < 4.78 is 26.3. The summed E-state index contributed by atoms with van der Waals surface area (Å²) in [6.45, 7) is 3.92. The first-order valence-corrected chi connectivity index (χ1v) is 10.7. The van der Waals surface area contributed by atoms with E-state index in [0.29, 0.717) is 24.3 Å². The summed E-state index contributed by atoms with van der Waals surface area (Å²) in [5.41, 5.74) is 6.59. The Labute approximate surface area is 153 Å². The van der Waals surface area contributed by atoms with E-state index >= 15 is 0 Å². The largest absolute Gasteiger partial charge is 0.369 e. The number of carbonyl (C=O) groups is 2. The van der Waals surface area contributed by atoms with Crippen LogP contribution in [0, 0.1) is 0 Å². The molecular weight excluding hydrogens is 362 g/mol. The van der Waals surface area contributed by atoms with Crippen LogP contribution in [0.2, 0.25) is 0 Å². The average molecular weight is 388 g/mol. The Morgan fingerprint density at radius 1 is 1.16 bits per heavy atom. The highest BCUT2D eigenvalue weighted by Crippen LogP contribution is 2.09. The standard InChI is InChI=1S/C16H25N3O4S2/c1-12(2)19-25(22,23)11-14-5-3-13(4-6-14)9-18-16(21)7-8-24-10-15(17)20/h3-6,12,19H,7-11H2,1-2H3,(H2,17,20)(H,18,21). The van der Waals surface area contributed by atoms with Crippen LogP contribution in [0.1, 0.15) is 31.4 Å². The third-order valence-electron chi connectivity index (χ3n) is 3.00. The zero-order valence-corrected chi connectivity index (χ0v) is 16.1. The lowest BCUT2D eigenvalue weighted by molar-refractivity contribution is -0.121. The van der Waals surface area contributed by atoms with Crippen LogP contribution in [0.5, 0.6) is 0 Å². The van der Waals surface area contributed by atoms with E-state index in [1.165, 1.54) is 11.8 Å². The van der Waals surface area contributed by atoms with Crippen LogP contribution in [0.4, 0.5) is 0 Å². The van der Waals surface area contributed by atoms with Crippen molar-refractivity contribution < 1.29 is 18.0 Å². The number of primary amides is 1. The maximum Gasteiger partial charge on any atom is 0.227 e. The van der Waals surface area contributed by atoms with Gasteiger partial charge in [0.2, 0.25) is 21.8 Å². The van der Waals surface area contributed by atoms with Gasteiger partial charge in [-0.3, -0.25) is 9.59 Å². The first-order chi connectivity index (χ1) is 11.7. The fourth-order valence-corrected chi connectivity index (χ4v) is 4.11. The molecule has 0 saturated heterocycles. The van der Waals surface area contributed by atoms with E-state index in [1.54, 1.807) is 38.1 Å². The first-order valence-electron chi connectivity index (χ1n) is 7.88. The number of amides is 2. The second kappa shape index (κ2) is 10.4. The number of hydrogen-bond acceptors (Lipinski definition) is 5. The van der Waals surface area contributed by atoms with E-state index < -0.39 is 15.9 Å². The molecule has 0 heterocycles. The predicted octanol–water partition coefficient (Wildman–Crippen LogP) is 0.739. The number of carbonyl (C=O) groups excluding carboxylic acids is 2. The van der Waals surface area contributed by atoms with Crippen LogP contribution >= 0.6 is 11.8 Å². The number of benzene rings is 1. The highest BCUT2D eigenvalue weighted by molar-refractivity contribution is 7.99. The average Bonchev–Trinajstić information content (AvgIpc) is 2.49. The topological polar surface area (TPSA) is 118 Å². The SMILES string of the molecule is CC(C)NS(=O)(=O)Cc1ccc(CNC(=O)CCSCC(N)=O)cc1. The number of rotatable bonds is 11. The molecule has 0 radical (unpaired) electrons. The van der Waals surface area contributed by atoms with Gasteiger partial charge in [0.1, 0.15) is 0 Å². The molecule has 1 aromatic carbocycles. The Morgan fingerprint density at radius 3 is 2.32 bits per heavy atom. The summed E-state index contributed by atoms with van der Waals surface area (Å²) in [4.78, 5) is 22.3. The third-order valence-corrected chi connectivity index (χ3v) is 5.53. The Morgan fingerprint density at radius 2 is 1.76 bits per heavy atom. The normalized spacial score (nSPS) is 11.5. The van der Waals surface area contributed by atoms with Crippen molar-refractivity contribution in [1.82, 2.24) is 10.0 Å². The molecule has 0 atom stereocenters. The molecule has 2 amide bonds. The molecule has 0 saturated carbocycles. The van der Waals surface area contributed by atoms with Crippen LogP contribution in [-0.4, -0.2) is 37.8 Å². The zero-order chi connectivity index (χ0) is 18.9. The third kappa shape index (κ3) is 10.1. The van der Waals surface area contributed by atoms with E-state index in [4.69, 9.17) is 5.73 Å². The minimum atomic E-state index is -3.35. The number of sulfonamides is 1. The smallest absolute Gasteiger partial charge is 0.227 e. The molecule has 7 nitrogen and oxygen atoms in total. The van der Waals surface area contributed by atoms with Crippen molar-refractivity contribution in [3.05, 3.63) is 35.4 Å². The molecule has 140 valence electrons. The molecule has 4 N–H and O–H groups in total. The molecule has 1 aromatic rings. The Bertz CT molecular complexity index is 673. The molecule has 0 fully saturated rings. The maximum absolute atomic E-state index is 11.9. The zero-order valence-electron chi connectivity index (χ0n) is 14.4. The van der Waals surface area contributed by atoms with Crippen LogP contribution < -0.4 is 15.8 Å². The Kier molecular flexibility index (Phi) is 8.95. The van der Waals surface area contributed by atoms with E-state index in [0.717, 1.165) is 5.56 Å². The van der Waals surface area contributed by atoms with Crippen molar-refractivity contribution in [1.29, 1.82) is 0 Å². The van der Waals surface area contributed by atoms with E-state index in [2.05, 4.69) is 10.0 Å². The van der Waals surface area contributed by atoms with Gasteiger partial charge < -0.3 is 11.1 Å². The maximum atomic E-state index is 11.9. The highest BCUT2D eigenvalue weighted by Gasteiger charge is 2.12. The van der Waals surface area contributed by atoms with Gasteiger partial charge in [0, 0.05) is 24.8 Å². The van der Waals surface area contributed by atoms with Crippen LogP contribution in [-0.2, 0) is 31.9 Å². The summed E-state index contributed by atoms with van der Waals surface area (Å²) in [6, 6.07) is 6.93. The van der Waals surface area contributed by atoms with Crippen molar-refractivity contribution in [2.75, 3.05) is 11.5 Å². The summed E-state index contributed by atoms with van der Waals surface area (Å²) >= 11 is 1.32. The molecule has 0 spiro atoms. The number of hydrogen-bond donors (Lipinski definition) is 3. The van der Waals surface area contributed by atoms with Gasteiger partial charge in [0.05, 0.1) is 11.5 Å². The summed E-state index contributed by atoms with van der Waals surface area (Å²) in [5, 5.41) is 2.78. The Balaban J connectivity index is 2.39. The quantitative estimate of drug-likeness (QED) is 0.484. The van der Waals surface area contributed by atoms with Gasteiger partial charge in [-0.05, 0) is 25.0 Å². The summed E-state index contributed by atoms with van der Waals surface area (Å²) in [7, 11) is -3.35. The molecule has 0 aliphatic carbocycles. The van der Waals surface area contributed by atoms with E-state index in [9.17, 15) is 18.0 Å². The van der Waals surface area contributed by atoms with Gasteiger partial charge >= 0.3 is 0 Å². The lowest BCUT2D eigenvalue weighted by atomic mass is 10.1. The fraction of sp³-hybridized carbons (Fsp3) is 0.500. The van der Waals surface area contributed by atoms with Crippen molar-refractivity contribution >= 4 is 33.6 Å². The number of nitrogens with two attached hydrogens (primary N) is 1. The monoisotopic (exact) mass is 387 g/mol. The van der Waals surface area contributed by atoms with Gasteiger partial charge in [-0.1, -0.05) is 24.3 Å². The number of thioether (sulfide) groups is 1. The predicted molar refractivity (Wildman–Crippen MR) is 100 cm³/mol. The molecule has 0 aromatic heterocycles. The van der Waals surface area contributed by atoms with Gasteiger partial charge in [-0.2, -0.15) is 11.8 Å². The highest BCUT2D eigenvalue weighted by atomic mass is 32.2. The second-order valence-corrected chi connectivity index (χ2v) is 8.75. The van der Waals surface area contributed by atoms with Gasteiger partial charge in [0.25, 0.3) is 0 Å². The molecule has 0 aliphatic rings. The fourth-order valence-electron chi connectivity index (χ4n) is 2.00. The summed E-state index contributed by atoms with van der Waals surface area (Å²) in [6.07, 6.45) is 0.315. The molecule has 0 aliphatic heterocycles. The van der Waals surface area contributed by atoms with Gasteiger partial charge in [0.15, 0.2) is 0 Å². The molecule has 25 heavy (non-hydrogen) atoms. The molecule has 9 heteroatoms. The van der Waals surface area contributed by atoms with Crippen molar-refractivity contribution in [2.24, 2.45) is 5.73 Å². The van der Waals surface area contributed by atoms with Crippen molar-refractivity contribution in [2.45, 2.75) is 38.6 Å². The van der Waals surface area contributed by atoms with Crippen LogP contribution in [0.3, 0.4) is 0 Å². The molecule has 0 bridgehead atoms. The lowest BCUT2D eigenvalue weighted by Gasteiger charge is -2.10. The van der Waals surface area contributed by atoms with Crippen LogP contribution in [0.15, 0.2) is 24.3 Å². The van der Waals surface area contributed by atoms with Gasteiger partial charge in [-0.15, -0.1) is 0 Å². The minimum absolute atomic E-state index is 0.0745. The minimum Gasteiger partial charge on any atom is -0.369 e.